The van der Waals surface area contributed by atoms with Crippen LogP contribution in [0.4, 0.5) is 26.3 Å². The van der Waals surface area contributed by atoms with Crippen molar-refractivity contribution < 1.29 is 45.4 Å². The van der Waals surface area contributed by atoms with Gasteiger partial charge in [-0.1, -0.05) is 6.58 Å². The summed E-state index contributed by atoms with van der Waals surface area (Å²) >= 11 is 3.14. The average Bonchev–Trinajstić information content (AvgIpc) is 3.09. The van der Waals surface area contributed by atoms with E-state index in [-0.39, 0.29) is 18.8 Å². The van der Waals surface area contributed by atoms with Gasteiger partial charge in [-0.05, 0) is 31.1 Å². The minimum Gasteiger partial charge on any atom is -0.459 e. The predicted octanol–water partition coefficient (Wildman–Crippen LogP) is 3.47. The molecule has 0 aromatic heterocycles. The smallest absolute Gasteiger partial charge is 0.438 e. The van der Waals surface area contributed by atoms with Gasteiger partial charge >= 0.3 is 29.9 Å². The van der Waals surface area contributed by atoms with E-state index in [2.05, 4.69) is 23.9 Å². The minimum atomic E-state index is -5.86. The summed E-state index contributed by atoms with van der Waals surface area (Å²) in [4.78, 5) is 23.3. The summed E-state index contributed by atoms with van der Waals surface area (Å²) in [6.45, 7) is 3.23. The van der Waals surface area contributed by atoms with Crippen LogP contribution in [0.25, 0.3) is 0 Å². The fraction of sp³-hybridized carbons (Fsp3) is 0.733. The molecule has 2 aliphatic carbocycles. The summed E-state index contributed by atoms with van der Waals surface area (Å²) in [6, 6.07) is 0. The van der Waals surface area contributed by atoms with E-state index in [1.807, 2.05) is 0 Å². The number of alkyl halides is 6. The quantitative estimate of drug-likeness (QED) is 0.329. The maximum absolute atomic E-state index is 13.0. The number of halogens is 6. The van der Waals surface area contributed by atoms with Gasteiger partial charge in [0, 0.05) is 11.8 Å². The third-order valence-corrected chi connectivity index (χ3v) is 5.39. The normalized spacial score (nSPS) is 28.7. The molecule has 2 bridgehead atoms. The van der Waals surface area contributed by atoms with Gasteiger partial charge < -0.3 is 9.47 Å². The molecule has 4 unspecified atom stereocenters. The van der Waals surface area contributed by atoms with E-state index in [1.165, 1.54) is 0 Å². The molecule has 2 fully saturated rings. The first-order valence-electron chi connectivity index (χ1n) is 7.66. The van der Waals surface area contributed by atoms with Crippen LogP contribution >= 0.6 is 12.6 Å². The SMILES string of the molecule is C=CC(=O)OC1CC2CC1CC2C(=O)OC(CS)(C(F)(F)F)C(F)(F)F. The number of hydrogen-bond acceptors (Lipinski definition) is 5. The van der Waals surface area contributed by atoms with Crippen LogP contribution in [0.1, 0.15) is 19.3 Å². The van der Waals surface area contributed by atoms with Crippen LogP contribution in [0.3, 0.4) is 0 Å². The lowest BCUT2D eigenvalue weighted by Gasteiger charge is -2.37. The van der Waals surface area contributed by atoms with E-state index in [1.54, 1.807) is 0 Å². The number of thiol groups is 1. The van der Waals surface area contributed by atoms with Gasteiger partial charge in [-0.25, -0.2) is 4.79 Å². The molecule has 0 N–H and O–H groups in total. The van der Waals surface area contributed by atoms with E-state index in [4.69, 9.17) is 4.74 Å². The fourth-order valence-electron chi connectivity index (χ4n) is 3.59. The molecule has 0 amide bonds. The molecular weight excluding hydrogens is 390 g/mol. The Morgan fingerprint density at radius 2 is 1.62 bits per heavy atom. The standard InChI is InChI=1S/C15H16F6O4S/c1-2-11(22)24-10-5-7-3-8(10)4-9(7)12(23)25-13(6-26,14(16,17)18)15(19,20)21/h2,7-10,26H,1,3-6H2. The first kappa shape index (κ1) is 20.9. The van der Waals surface area contributed by atoms with E-state index in [9.17, 15) is 35.9 Å². The van der Waals surface area contributed by atoms with E-state index in [0.717, 1.165) is 6.08 Å². The molecule has 0 aromatic carbocycles. The Hall–Kier alpha value is -1.39. The Morgan fingerprint density at radius 1 is 1.04 bits per heavy atom. The molecule has 0 spiro atoms. The highest BCUT2D eigenvalue weighted by Crippen LogP contribution is 2.52. The zero-order chi connectivity index (χ0) is 19.9. The van der Waals surface area contributed by atoms with Crippen molar-refractivity contribution in [2.75, 3.05) is 5.75 Å². The van der Waals surface area contributed by atoms with Gasteiger partial charge in [0.05, 0.1) is 5.92 Å². The van der Waals surface area contributed by atoms with Gasteiger partial charge in [0.1, 0.15) is 6.10 Å². The van der Waals surface area contributed by atoms with Crippen molar-refractivity contribution in [1.29, 1.82) is 0 Å². The zero-order valence-corrected chi connectivity index (χ0v) is 14.2. The van der Waals surface area contributed by atoms with Gasteiger partial charge in [-0.15, -0.1) is 0 Å². The number of hydrogen-bond donors (Lipinski definition) is 1. The number of carbonyl (C=O) groups excluding carboxylic acids is 2. The molecule has 4 nitrogen and oxygen atoms in total. The lowest BCUT2D eigenvalue weighted by molar-refractivity contribution is -0.361. The number of esters is 2. The molecule has 0 aromatic rings. The van der Waals surface area contributed by atoms with E-state index < -0.39 is 53.6 Å². The summed E-state index contributed by atoms with van der Waals surface area (Å²) < 4.78 is 87.3. The van der Waals surface area contributed by atoms with Crippen LogP contribution < -0.4 is 0 Å². The van der Waals surface area contributed by atoms with Crippen molar-refractivity contribution in [3.63, 3.8) is 0 Å². The molecule has 0 saturated heterocycles. The van der Waals surface area contributed by atoms with Crippen LogP contribution in [0.15, 0.2) is 12.7 Å². The highest BCUT2D eigenvalue weighted by Gasteiger charge is 2.74. The van der Waals surface area contributed by atoms with Gasteiger partial charge in [-0.2, -0.15) is 39.0 Å². The Labute approximate surface area is 150 Å². The topological polar surface area (TPSA) is 52.6 Å². The van der Waals surface area contributed by atoms with Crippen LogP contribution in [0.2, 0.25) is 0 Å². The maximum atomic E-state index is 13.0. The largest absolute Gasteiger partial charge is 0.459 e. The second-order valence-corrected chi connectivity index (χ2v) is 6.73. The predicted molar refractivity (Wildman–Crippen MR) is 79.2 cm³/mol. The number of ether oxygens (including phenoxy) is 2. The van der Waals surface area contributed by atoms with Gasteiger partial charge in [-0.3, -0.25) is 4.79 Å². The molecule has 2 aliphatic rings. The summed E-state index contributed by atoms with van der Waals surface area (Å²) in [7, 11) is 0. The Bertz CT molecular complexity index is 574. The van der Waals surface area contributed by atoms with Crippen LogP contribution in [0.5, 0.6) is 0 Å². The highest BCUT2D eigenvalue weighted by atomic mass is 32.1. The summed E-state index contributed by atoms with van der Waals surface area (Å²) in [5.41, 5.74) is -4.66. The van der Waals surface area contributed by atoms with Crippen molar-refractivity contribution in [2.24, 2.45) is 17.8 Å². The van der Waals surface area contributed by atoms with Gasteiger partial charge in [0.2, 0.25) is 0 Å². The molecule has 148 valence electrons. The van der Waals surface area contributed by atoms with Crippen LogP contribution in [0, 0.1) is 17.8 Å². The first-order chi connectivity index (χ1) is 11.9. The molecule has 0 radical (unpaired) electrons. The average molecular weight is 406 g/mol. The molecule has 0 heterocycles. The van der Waals surface area contributed by atoms with Crippen molar-refractivity contribution in [2.45, 2.75) is 43.3 Å². The molecular formula is C15H16F6O4S. The Morgan fingerprint density at radius 3 is 2.00 bits per heavy atom. The Kier molecular flexibility index (Phi) is 5.61. The second kappa shape index (κ2) is 6.97. The van der Waals surface area contributed by atoms with E-state index >= 15 is 0 Å². The monoisotopic (exact) mass is 406 g/mol. The number of carbonyl (C=O) groups is 2. The highest BCUT2D eigenvalue weighted by molar-refractivity contribution is 7.80. The van der Waals surface area contributed by atoms with E-state index in [0.29, 0.717) is 6.42 Å². The molecule has 2 rings (SSSR count). The number of fused-ring (bicyclic) bond motifs is 2. The minimum absolute atomic E-state index is 0.00302. The maximum Gasteiger partial charge on any atom is 0.438 e. The Balaban J connectivity index is 2.11. The molecule has 4 atom stereocenters. The first-order valence-corrected chi connectivity index (χ1v) is 8.29. The van der Waals surface area contributed by atoms with Crippen molar-refractivity contribution in [3.05, 3.63) is 12.7 Å². The van der Waals surface area contributed by atoms with Gasteiger partial charge in [0.25, 0.3) is 0 Å². The molecule has 2 saturated carbocycles. The van der Waals surface area contributed by atoms with Crippen LogP contribution in [-0.2, 0) is 19.1 Å². The lowest BCUT2D eigenvalue weighted by atomic mass is 9.87. The summed E-state index contributed by atoms with van der Waals surface area (Å²) in [6.07, 6.45) is -10.8. The zero-order valence-electron chi connectivity index (χ0n) is 13.3. The fourth-order valence-corrected chi connectivity index (χ4v) is 4.01. The van der Waals surface area contributed by atoms with Crippen molar-refractivity contribution >= 4 is 24.6 Å². The van der Waals surface area contributed by atoms with Crippen LogP contribution in [-0.4, -0.2) is 41.7 Å². The molecule has 0 aliphatic heterocycles. The third-order valence-electron chi connectivity index (χ3n) is 4.94. The van der Waals surface area contributed by atoms with Gasteiger partial charge in [0.15, 0.2) is 0 Å². The number of rotatable bonds is 5. The lowest BCUT2D eigenvalue weighted by Crippen LogP contribution is -2.61. The summed E-state index contributed by atoms with van der Waals surface area (Å²) in [5.74, 6) is -5.94. The molecule has 11 heteroatoms. The van der Waals surface area contributed by atoms with Crippen molar-refractivity contribution in [1.82, 2.24) is 0 Å². The third kappa shape index (κ3) is 3.54. The summed E-state index contributed by atoms with van der Waals surface area (Å²) in [5, 5.41) is 0. The van der Waals surface area contributed by atoms with Crippen molar-refractivity contribution in [3.8, 4) is 0 Å². The second-order valence-electron chi connectivity index (χ2n) is 6.41. The molecule has 26 heavy (non-hydrogen) atoms.